The van der Waals surface area contributed by atoms with E-state index in [1.54, 1.807) is 16.2 Å². The number of ether oxygens (including phenoxy) is 1. The van der Waals surface area contributed by atoms with Crippen molar-refractivity contribution in [1.82, 2.24) is 25.4 Å². The Morgan fingerprint density at radius 2 is 1.97 bits per heavy atom. The van der Waals surface area contributed by atoms with Crippen molar-refractivity contribution in [3.63, 3.8) is 0 Å². The first kappa shape index (κ1) is 25.1. The van der Waals surface area contributed by atoms with Gasteiger partial charge < -0.3 is 20.3 Å². The number of piperidine rings is 2. The topological polar surface area (TPSA) is 82.1 Å². The Hall–Kier alpha value is -1.14. The number of hydrogen-bond donors (Lipinski definition) is 2. The maximum Gasteiger partial charge on any atom is 0.409 e. The third kappa shape index (κ3) is 7.52. The Morgan fingerprint density at radius 1 is 1.27 bits per heavy atom. The monoisotopic (exact) mass is 550 g/mol. The molecule has 0 unspecified atom stereocenters. The Morgan fingerprint density at radius 3 is 2.53 bits per heavy atom. The smallest absolute Gasteiger partial charge is 0.409 e. The molecule has 0 aromatic carbocycles. The molecule has 1 amide bonds. The second kappa shape index (κ2) is 12.7. The molecule has 0 radical (unpaired) electrons. The molecular weight excluding hydrogens is 515 g/mol. The van der Waals surface area contributed by atoms with Gasteiger partial charge in [-0.3, -0.25) is 9.89 Å². The Bertz CT molecular complexity index is 685. The van der Waals surface area contributed by atoms with E-state index >= 15 is 0 Å². The first-order valence-corrected chi connectivity index (χ1v) is 11.4. The minimum Gasteiger partial charge on any atom is -0.453 e. The zero-order valence-electron chi connectivity index (χ0n) is 18.2. The molecule has 3 rings (SSSR count). The van der Waals surface area contributed by atoms with Gasteiger partial charge in [0.15, 0.2) is 5.96 Å². The van der Waals surface area contributed by atoms with E-state index in [1.807, 2.05) is 7.05 Å². The van der Waals surface area contributed by atoms with Gasteiger partial charge in [-0.2, -0.15) is 0 Å². The molecule has 30 heavy (non-hydrogen) atoms. The lowest BCUT2D eigenvalue weighted by Gasteiger charge is -2.33. The minimum atomic E-state index is -0.234. The largest absolute Gasteiger partial charge is 0.453 e. The van der Waals surface area contributed by atoms with Gasteiger partial charge in [-0.15, -0.1) is 35.3 Å². The van der Waals surface area contributed by atoms with Crippen LogP contribution in [0.1, 0.15) is 36.4 Å². The molecule has 170 valence electrons. The molecule has 2 N–H and O–H groups in total. The van der Waals surface area contributed by atoms with Gasteiger partial charge in [0.2, 0.25) is 0 Å². The van der Waals surface area contributed by atoms with Crippen LogP contribution in [0, 0.1) is 12.8 Å². The van der Waals surface area contributed by atoms with Crippen LogP contribution in [-0.4, -0.2) is 79.8 Å². The summed E-state index contributed by atoms with van der Waals surface area (Å²) in [4.78, 5) is 24.8. The van der Waals surface area contributed by atoms with Gasteiger partial charge in [0, 0.05) is 44.6 Å². The van der Waals surface area contributed by atoms with Crippen molar-refractivity contribution in [2.75, 3.05) is 46.9 Å². The zero-order valence-corrected chi connectivity index (χ0v) is 21.4. The van der Waals surface area contributed by atoms with Gasteiger partial charge in [-0.25, -0.2) is 9.78 Å². The van der Waals surface area contributed by atoms with E-state index in [4.69, 9.17) is 4.74 Å². The highest BCUT2D eigenvalue weighted by Crippen LogP contribution is 2.19. The molecule has 2 fully saturated rings. The third-order valence-corrected chi connectivity index (χ3v) is 6.63. The number of carbonyl (C=O) groups excluding carboxylic acids is 1. The summed E-state index contributed by atoms with van der Waals surface area (Å²) in [5, 5.41) is 10.3. The Kier molecular flexibility index (Phi) is 10.6. The van der Waals surface area contributed by atoms with Crippen molar-refractivity contribution in [3.8, 4) is 0 Å². The number of hydrogen-bond acceptors (Lipinski definition) is 6. The highest BCUT2D eigenvalue weighted by Gasteiger charge is 2.24. The highest BCUT2D eigenvalue weighted by molar-refractivity contribution is 14.0. The number of halogens is 1. The third-order valence-electron chi connectivity index (χ3n) is 5.81. The molecule has 1 aromatic rings. The van der Waals surface area contributed by atoms with E-state index in [2.05, 4.69) is 37.8 Å². The molecule has 8 nitrogen and oxygen atoms in total. The number of rotatable bonds is 5. The summed E-state index contributed by atoms with van der Waals surface area (Å²) in [6, 6.07) is 0.338. The molecule has 2 aliphatic heterocycles. The number of aromatic nitrogens is 1. The van der Waals surface area contributed by atoms with Crippen LogP contribution >= 0.6 is 35.3 Å². The van der Waals surface area contributed by atoms with Crippen molar-refractivity contribution in [1.29, 1.82) is 0 Å². The number of nitrogens with zero attached hydrogens (tertiary/aromatic N) is 4. The molecule has 0 atom stereocenters. The standard InChI is InChI=1S/C20H34N6O2S.HI/c1-15-23-18(14-29-15)13-25-8-4-16(5-9-25)12-22-19(21-2)24-17-6-10-26(11-7-17)20(27)28-3;/h14,16-17H,4-13H2,1-3H3,(H2,21,22,24);1H. The Balaban J connectivity index is 0.00000320. The minimum absolute atomic E-state index is 0. The average molecular weight is 551 g/mol. The predicted molar refractivity (Wildman–Crippen MR) is 132 cm³/mol. The molecule has 0 saturated carbocycles. The molecule has 10 heteroatoms. The number of thiazole rings is 1. The number of nitrogens with one attached hydrogen (secondary N) is 2. The molecule has 1 aromatic heterocycles. The summed E-state index contributed by atoms with van der Waals surface area (Å²) in [5.74, 6) is 1.53. The van der Waals surface area contributed by atoms with Gasteiger partial charge in [-0.05, 0) is 51.6 Å². The lowest BCUT2D eigenvalue weighted by atomic mass is 9.97. The lowest BCUT2D eigenvalue weighted by molar-refractivity contribution is 0.111. The summed E-state index contributed by atoms with van der Waals surface area (Å²) in [6.07, 6.45) is 3.98. The fourth-order valence-electron chi connectivity index (χ4n) is 4.02. The van der Waals surface area contributed by atoms with E-state index in [9.17, 15) is 4.79 Å². The summed E-state index contributed by atoms with van der Waals surface area (Å²) in [6.45, 7) is 7.68. The first-order valence-electron chi connectivity index (χ1n) is 10.5. The zero-order chi connectivity index (χ0) is 20.6. The van der Waals surface area contributed by atoms with E-state index < -0.39 is 0 Å². The van der Waals surface area contributed by atoms with Crippen molar-refractivity contribution in [2.24, 2.45) is 10.9 Å². The highest BCUT2D eigenvalue weighted by atomic mass is 127. The SMILES string of the molecule is CN=C(NCC1CCN(Cc2csc(C)n2)CC1)NC1CCN(C(=O)OC)CC1.I. The first-order chi connectivity index (χ1) is 14.1. The van der Waals surface area contributed by atoms with E-state index in [0.717, 1.165) is 63.1 Å². The number of amides is 1. The number of methoxy groups -OCH3 is 1. The summed E-state index contributed by atoms with van der Waals surface area (Å²) in [7, 11) is 3.25. The number of guanidine groups is 1. The van der Waals surface area contributed by atoms with E-state index in [-0.39, 0.29) is 30.1 Å². The van der Waals surface area contributed by atoms with E-state index in [0.29, 0.717) is 12.0 Å². The van der Waals surface area contributed by atoms with Crippen LogP contribution < -0.4 is 10.6 Å². The van der Waals surface area contributed by atoms with Crippen LogP contribution in [0.4, 0.5) is 4.79 Å². The van der Waals surface area contributed by atoms with Crippen LogP contribution in [-0.2, 0) is 11.3 Å². The maximum absolute atomic E-state index is 11.6. The van der Waals surface area contributed by atoms with Crippen LogP contribution in [0.3, 0.4) is 0 Å². The molecule has 2 saturated heterocycles. The van der Waals surface area contributed by atoms with Gasteiger partial charge in [-0.1, -0.05) is 0 Å². The van der Waals surface area contributed by atoms with Gasteiger partial charge >= 0.3 is 6.09 Å². The second-order valence-corrected chi connectivity index (χ2v) is 8.97. The van der Waals surface area contributed by atoms with Gasteiger partial charge in [0.05, 0.1) is 17.8 Å². The summed E-state index contributed by atoms with van der Waals surface area (Å²) < 4.78 is 4.80. The Labute approximate surface area is 200 Å². The summed E-state index contributed by atoms with van der Waals surface area (Å²) >= 11 is 1.73. The number of carbonyl (C=O) groups is 1. The van der Waals surface area contributed by atoms with Crippen LogP contribution in [0.5, 0.6) is 0 Å². The molecule has 0 aliphatic carbocycles. The second-order valence-electron chi connectivity index (χ2n) is 7.91. The quantitative estimate of drug-likeness (QED) is 0.334. The number of likely N-dealkylation sites (tertiary alicyclic amines) is 2. The number of aliphatic imine (C=N–C) groups is 1. The normalized spacial score (nSPS) is 19.3. The molecule has 2 aliphatic rings. The van der Waals surface area contributed by atoms with E-state index in [1.165, 1.54) is 25.6 Å². The van der Waals surface area contributed by atoms with Crippen molar-refractivity contribution < 1.29 is 9.53 Å². The maximum atomic E-state index is 11.6. The fraction of sp³-hybridized carbons (Fsp3) is 0.750. The molecule has 3 heterocycles. The van der Waals surface area contributed by atoms with Gasteiger partial charge in [0.1, 0.15) is 0 Å². The number of aryl methyl sites for hydroxylation is 1. The van der Waals surface area contributed by atoms with Crippen LogP contribution in [0.2, 0.25) is 0 Å². The lowest BCUT2D eigenvalue weighted by Crippen LogP contribution is -2.50. The average Bonchev–Trinajstić information content (AvgIpc) is 3.16. The predicted octanol–water partition coefficient (Wildman–Crippen LogP) is 2.68. The van der Waals surface area contributed by atoms with Crippen molar-refractivity contribution >= 4 is 47.4 Å². The van der Waals surface area contributed by atoms with Crippen LogP contribution in [0.25, 0.3) is 0 Å². The van der Waals surface area contributed by atoms with Crippen molar-refractivity contribution in [3.05, 3.63) is 16.1 Å². The molecule has 0 bridgehead atoms. The summed E-state index contributed by atoms with van der Waals surface area (Å²) in [5.41, 5.74) is 1.20. The molecular formula is C20H35IN6O2S. The van der Waals surface area contributed by atoms with Gasteiger partial charge in [0.25, 0.3) is 0 Å². The molecule has 0 spiro atoms. The van der Waals surface area contributed by atoms with Crippen molar-refractivity contribution in [2.45, 2.75) is 45.2 Å². The van der Waals surface area contributed by atoms with Crippen LogP contribution in [0.15, 0.2) is 10.4 Å². The fourth-order valence-corrected chi connectivity index (χ4v) is 4.63.